The number of nitrogens with zero attached hydrogens (tertiary/aromatic N) is 3. The minimum atomic E-state index is -0.0335. The lowest BCUT2D eigenvalue weighted by molar-refractivity contribution is -0.130. The number of amides is 2. The maximum Gasteiger partial charge on any atom is 0.272 e. The number of benzene rings is 1. The highest BCUT2D eigenvalue weighted by atomic mass is 16.2. The molecule has 3 aromatic rings. The molecule has 2 fully saturated rings. The maximum absolute atomic E-state index is 13.1. The van der Waals surface area contributed by atoms with Crippen LogP contribution >= 0.6 is 0 Å². The van der Waals surface area contributed by atoms with Gasteiger partial charge in [-0.05, 0) is 36.2 Å². The molecule has 2 saturated heterocycles. The summed E-state index contributed by atoms with van der Waals surface area (Å²) in [7, 11) is 0. The van der Waals surface area contributed by atoms with Crippen molar-refractivity contribution in [2.24, 2.45) is 11.8 Å². The van der Waals surface area contributed by atoms with E-state index >= 15 is 0 Å². The van der Waals surface area contributed by atoms with Crippen LogP contribution in [-0.4, -0.2) is 51.2 Å². The highest BCUT2D eigenvalue weighted by Gasteiger charge is 2.49. The van der Waals surface area contributed by atoms with Crippen LogP contribution in [0.3, 0.4) is 0 Å². The van der Waals surface area contributed by atoms with Crippen LogP contribution in [0.1, 0.15) is 34.6 Å². The average molecular weight is 388 g/mol. The highest BCUT2D eigenvalue weighted by Crippen LogP contribution is 2.46. The minimum absolute atomic E-state index is 0.0235. The van der Waals surface area contributed by atoms with Crippen molar-refractivity contribution < 1.29 is 9.59 Å². The zero-order valence-electron chi connectivity index (χ0n) is 16.6. The minimum Gasteiger partial charge on any atom is -0.346 e. The molecule has 0 spiro atoms. The van der Waals surface area contributed by atoms with Crippen molar-refractivity contribution in [3.05, 3.63) is 65.5 Å². The predicted molar refractivity (Wildman–Crippen MR) is 110 cm³/mol. The topological polar surface area (TPSA) is 69.3 Å². The summed E-state index contributed by atoms with van der Waals surface area (Å²) in [4.78, 5) is 36.9. The van der Waals surface area contributed by atoms with Gasteiger partial charge in [0.2, 0.25) is 5.91 Å². The molecule has 29 heavy (non-hydrogen) atoms. The zero-order chi connectivity index (χ0) is 20.1. The molecule has 2 aliphatic rings. The van der Waals surface area contributed by atoms with Gasteiger partial charge in [-0.3, -0.25) is 9.59 Å². The number of hydrogen-bond donors (Lipinski definition) is 1. The Hall–Kier alpha value is -3.15. The van der Waals surface area contributed by atoms with Crippen LogP contribution in [0.15, 0.2) is 48.7 Å². The van der Waals surface area contributed by atoms with Gasteiger partial charge in [0.05, 0.1) is 6.04 Å². The number of aromatic amines is 1. The molecule has 2 aromatic heterocycles. The monoisotopic (exact) mass is 388 g/mol. The third-order valence-corrected chi connectivity index (χ3v) is 6.49. The van der Waals surface area contributed by atoms with Crippen molar-refractivity contribution in [1.82, 2.24) is 19.8 Å². The highest BCUT2D eigenvalue weighted by molar-refractivity contribution is 5.94. The van der Waals surface area contributed by atoms with Crippen molar-refractivity contribution >= 4 is 22.8 Å². The largest absolute Gasteiger partial charge is 0.346 e. The van der Waals surface area contributed by atoms with Crippen LogP contribution in [-0.2, 0) is 4.79 Å². The van der Waals surface area contributed by atoms with E-state index in [4.69, 9.17) is 0 Å². The number of pyridine rings is 1. The summed E-state index contributed by atoms with van der Waals surface area (Å²) in [5.41, 5.74) is 3.58. The van der Waals surface area contributed by atoms with Gasteiger partial charge < -0.3 is 14.8 Å². The fourth-order valence-corrected chi connectivity index (χ4v) is 5.06. The molecule has 2 amide bonds. The van der Waals surface area contributed by atoms with Gasteiger partial charge in [-0.2, -0.15) is 0 Å². The third kappa shape index (κ3) is 2.90. The van der Waals surface area contributed by atoms with E-state index < -0.39 is 0 Å². The van der Waals surface area contributed by atoms with Gasteiger partial charge in [0.25, 0.3) is 5.91 Å². The second-order valence-corrected chi connectivity index (χ2v) is 8.22. The molecule has 1 N–H and O–H groups in total. The molecular weight excluding hydrogens is 364 g/mol. The molecule has 5 rings (SSSR count). The first-order valence-corrected chi connectivity index (χ1v) is 10.1. The standard InChI is InChI=1S/C23H24N4O2/c1-14-5-3-4-6-18(14)21-19-13-26(11-17(19)12-27(21)15(2)28)23(29)20-8-7-16-9-10-24-22(16)25-20/h3-10,17,19,21H,11-13H2,1-2H3,(H,24,25)/t17-,19-,21-/m1/s1. The smallest absolute Gasteiger partial charge is 0.272 e. The fraction of sp³-hybridized carbons (Fsp3) is 0.348. The van der Waals surface area contributed by atoms with Gasteiger partial charge in [-0.25, -0.2) is 4.98 Å². The number of H-pyrrole nitrogens is 1. The Morgan fingerprint density at radius 2 is 1.90 bits per heavy atom. The number of carbonyl (C=O) groups is 2. The lowest BCUT2D eigenvalue weighted by Gasteiger charge is -2.30. The Bertz CT molecular complexity index is 1100. The van der Waals surface area contributed by atoms with Crippen LogP contribution in [0.2, 0.25) is 0 Å². The lowest BCUT2D eigenvalue weighted by atomic mass is 9.87. The van der Waals surface area contributed by atoms with E-state index in [0.717, 1.165) is 11.0 Å². The van der Waals surface area contributed by atoms with Crippen molar-refractivity contribution in [3.8, 4) is 0 Å². The summed E-state index contributed by atoms with van der Waals surface area (Å²) < 4.78 is 0. The molecule has 0 radical (unpaired) electrons. The molecule has 0 saturated carbocycles. The second kappa shape index (κ2) is 6.72. The number of aromatic nitrogens is 2. The zero-order valence-corrected chi connectivity index (χ0v) is 16.6. The van der Waals surface area contributed by atoms with Crippen molar-refractivity contribution in [1.29, 1.82) is 0 Å². The Kier molecular flexibility index (Phi) is 4.15. The van der Waals surface area contributed by atoms with Gasteiger partial charge in [-0.15, -0.1) is 0 Å². The van der Waals surface area contributed by atoms with Gasteiger partial charge in [0.15, 0.2) is 0 Å². The molecule has 4 heterocycles. The molecule has 0 aliphatic carbocycles. The SMILES string of the molecule is CC(=O)N1C[C@H]2CN(C(=O)c3ccc4cc[nH]c4n3)C[C@H]2[C@H]1c1ccccc1C. The van der Waals surface area contributed by atoms with Crippen molar-refractivity contribution in [2.75, 3.05) is 19.6 Å². The van der Waals surface area contributed by atoms with Gasteiger partial charge in [-0.1, -0.05) is 24.3 Å². The molecule has 3 atom stereocenters. The summed E-state index contributed by atoms with van der Waals surface area (Å²) in [6.45, 7) is 5.75. The van der Waals surface area contributed by atoms with Crippen LogP contribution in [0.25, 0.3) is 11.0 Å². The summed E-state index contributed by atoms with van der Waals surface area (Å²) >= 11 is 0. The number of aryl methyl sites for hydroxylation is 1. The molecule has 0 bridgehead atoms. The number of fused-ring (bicyclic) bond motifs is 2. The van der Waals surface area contributed by atoms with Gasteiger partial charge in [0.1, 0.15) is 11.3 Å². The molecule has 1 aromatic carbocycles. The van der Waals surface area contributed by atoms with Crippen molar-refractivity contribution in [2.45, 2.75) is 19.9 Å². The van der Waals surface area contributed by atoms with Crippen LogP contribution in [0, 0.1) is 18.8 Å². The molecule has 6 nitrogen and oxygen atoms in total. The fourth-order valence-electron chi connectivity index (χ4n) is 5.06. The van der Waals surface area contributed by atoms with E-state index in [9.17, 15) is 9.59 Å². The molecular formula is C23H24N4O2. The molecule has 2 aliphatic heterocycles. The van der Waals surface area contributed by atoms with E-state index in [-0.39, 0.29) is 23.8 Å². The summed E-state index contributed by atoms with van der Waals surface area (Å²) in [5, 5.41) is 0.997. The first kappa shape index (κ1) is 17.9. The average Bonchev–Trinajstić information content (AvgIpc) is 3.41. The van der Waals surface area contributed by atoms with E-state index in [1.165, 1.54) is 11.1 Å². The summed E-state index contributed by atoms with van der Waals surface area (Å²) in [6.07, 6.45) is 1.83. The van der Waals surface area contributed by atoms with Crippen LogP contribution < -0.4 is 0 Å². The Labute approximate surface area is 169 Å². The second-order valence-electron chi connectivity index (χ2n) is 8.22. The quantitative estimate of drug-likeness (QED) is 0.733. The lowest BCUT2D eigenvalue weighted by Crippen LogP contribution is -2.37. The number of likely N-dealkylation sites (tertiary alicyclic amines) is 2. The first-order chi connectivity index (χ1) is 14.0. The Morgan fingerprint density at radius 1 is 1.07 bits per heavy atom. The Balaban J connectivity index is 1.43. The van der Waals surface area contributed by atoms with Crippen molar-refractivity contribution in [3.63, 3.8) is 0 Å². The van der Waals surface area contributed by atoms with Crippen LogP contribution in [0.4, 0.5) is 0 Å². The molecule has 0 unspecified atom stereocenters. The molecule has 148 valence electrons. The maximum atomic E-state index is 13.1. The van der Waals surface area contributed by atoms with Gasteiger partial charge >= 0.3 is 0 Å². The summed E-state index contributed by atoms with van der Waals surface area (Å²) in [5.74, 6) is 0.609. The summed E-state index contributed by atoms with van der Waals surface area (Å²) in [6, 6.07) is 14.0. The van der Waals surface area contributed by atoms with Crippen LogP contribution in [0.5, 0.6) is 0 Å². The Morgan fingerprint density at radius 3 is 2.69 bits per heavy atom. The van der Waals surface area contributed by atoms with E-state index in [0.29, 0.717) is 31.2 Å². The van der Waals surface area contributed by atoms with E-state index in [1.54, 1.807) is 13.0 Å². The predicted octanol–water partition coefficient (Wildman–Crippen LogP) is 3.16. The van der Waals surface area contributed by atoms with E-state index in [1.807, 2.05) is 40.3 Å². The number of carbonyl (C=O) groups excluding carboxylic acids is 2. The number of nitrogens with one attached hydrogen (secondary N) is 1. The van der Waals surface area contributed by atoms with E-state index in [2.05, 4.69) is 29.0 Å². The molecule has 6 heteroatoms. The normalized spacial score (nSPS) is 23.6. The first-order valence-electron chi connectivity index (χ1n) is 10.1. The number of hydrogen-bond acceptors (Lipinski definition) is 3. The van der Waals surface area contributed by atoms with Gasteiger partial charge in [0, 0.05) is 50.0 Å². The third-order valence-electron chi connectivity index (χ3n) is 6.49. The number of rotatable bonds is 2.